The molecule has 108 valence electrons. The van der Waals surface area contributed by atoms with Crippen molar-refractivity contribution in [2.24, 2.45) is 0 Å². The van der Waals surface area contributed by atoms with E-state index in [9.17, 15) is 0 Å². The van der Waals surface area contributed by atoms with Gasteiger partial charge in [0, 0.05) is 28.8 Å². The Labute approximate surface area is 133 Å². The molecule has 1 rings (SSSR count). The lowest BCUT2D eigenvalue weighted by atomic mass is 10.3. The third-order valence-corrected chi connectivity index (χ3v) is 6.08. The maximum absolute atomic E-state index is 6.13. The number of benzene rings is 1. The first-order valence-corrected chi connectivity index (χ1v) is 10.1. The molecule has 1 aromatic carbocycles. The van der Waals surface area contributed by atoms with Gasteiger partial charge < -0.3 is 4.52 Å². The van der Waals surface area contributed by atoms with Gasteiger partial charge in [-0.15, -0.1) is 11.8 Å². The Morgan fingerprint density at radius 3 is 2.00 bits per heavy atom. The molecule has 8 heteroatoms. The fourth-order valence-electron chi connectivity index (χ4n) is 1.32. The lowest BCUT2D eigenvalue weighted by Crippen LogP contribution is -2.02. The minimum Gasteiger partial charge on any atom is -0.424 e. The second-order valence-electron chi connectivity index (χ2n) is 3.29. The normalized spacial score (nSPS) is 11.6. The molecule has 0 spiro atoms. The van der Waals surface area contributed by atoms with Gasteiger partial charge in [0.1, 0.15) is 5.75 Å². The first-order valence-electron chi connectivity index (χ1n) is 5.57. The van der Waals surface area contributed by atoms with Gasteiger partial charge in [-0.05, 0) is 20.1 Å². The van der Waals surface area contributed by atoms with Crippen LogP contribution in [0.2, 0.25) is 10.0 Å². The number of halogens is 2. The summed E-state index contributed by atoms with van der Waals surface area (Å²) in [5.41, 5.74) is 0. The van der Waals surface area contributed by atoms with Crippen LogP contribution in [0.1, 0.15) is 13.8 Å². The predicted octanol–water partition coefficient (Wildman–Crippen LogP) is 5.39. The van der Waals surface area contributed by atoms with Crippen molar-refractivity contribution in [1.82, 2.24) is 0 Å². The Morgan fingerprint density at radius 1 is 1.16 bits per heavy atom. The topological polar surface area (TPSA) is 27.7 Å². The largest absolute Gasteiger partial charge is 0.424 e. The van der Waals surface area contributed by atoms with Crippen molar-refractivity contribution in [3.05, 3.63) is 22.2 Å². The van der Waals surface area contributed by atoms with E-state index in [1.54, 1.807) is 12.1 Å². The summed E-state index contributed by atoms with van der Waals surface area (Å²) < 4.78 is 16.4. The average molecular weight is 361 g/mol. The van der Waals surface area contributed by atoms with Crippen molar-refractivity contribution in [3.8, 4) is 5.75 Å². The molecule has 0 heterocycles. The molecule has 0 saturated heterocycles. The Kier molecular flexibility index (Phi) is 7.47. The van der Waals surface area contributed by atoms with Crippen LogP contribution in [0.15, 0.2) is 17.0 Å². The number of hydrogen-bond acceptors (Lipinski definition) is 5. The molecule has 0 amide bonds. The number of hydrogen-bond donors (Lipinski definition) is 0. The standard InChI is InChI=1S/C11H15Cl2O3PS2/c1-4-14-17(18,15-5-2)16-8-6-9(12)11(19-3)10(13)7-8/h6-7H,4-5H2,1-3H3. The summed E-state index contributed by atoms with van der Waals surface area (Å²) in [5.74, 6) is 0.457. The monoisotopic (exact) mass is 360 g/mol. The Balaban J connectivity index is 3.01. The van der Waals surface area contributed by atoms with Crippen LogP contribution >= 0.6 is 41.7 Å². The first-order chi connectivity index (χ1) is 8.95. The maximum atomic E-state index is 6.13. The van der Waals surface area contributed by atoms with Gasteiger partial charge >= 0.3 is 6.72 Å². The zero-order valence-electron chi connectivity index (χ0n) is 10.8. The van der Waals surface area contributed by atoms with Crippen LogP contribution in [-0.4, -0.2) is 19.5 Å². The average Bonchev–Trinajstić information content (AvgIpc) is 2.28. The first kappa shape index (κ1) is 17.6. The summed E-state index contributed by atoms with van der Waals surface area (Å²) >= 11 is 19.0. The van der Waals surface area contributed by atoms with Gasteiger partial charge in [0.25, 0.3) is 0 Å². The SMILES string of the molecule is CCOP(=S)(OCC)Oc1cc(Cl)c(SC)c(Cl)c1. The molecule has 0 unspecified atom stereocenters. The van der Waals surface area contributed by atoms with Crippen LogP contribution in [-0.2, 0) is 20.9 Å². The van der Waals surface area contributed by atoms with Crippen LogP contribution in [0.4, 0.5) is 0 Å². The second kappa shape index (κ2) is 8.08. The third-order valence-electron chi connectivity index (χ3n) is 1.97. The van der Waals surface area contributed by atoms with E-state index in [0.29, 0.717) is 29.0 Å². The fourth-order valence-corrected chi connectivity index (χ4v) is 4.82. The molecule has 0 N–H and O–H groups in total. The lowest BCUT2D eigenvalue weighted by Gasteiger charge is -2.21. The highest BCUT2D eigenvalue weighted by molar-refractivity contribution is 8.07. The van der Waals surface area contributed by atoms with Gasteiger partial charge in [0.05, 0.1) is 23.3 Å². The zero-order valence-corrected chi connectivity index (χ0v) is 14.9. The van der Waals surface area contributed by atoms with Crippen LogP contribution in [0, 0.1) is 0 Å². The summed E-state index contributed by atoms with van der Waals surface area (Å²) in [6.45, 7) is 1.71. The second-order valence-corrected chi connectivity index (χ2v) is 7.86. The van der Waals surface area contributed by atoms with E-state index >= 15 is 0 Å². The molecule has 0 atom stereocenters. The zero-order chi connectivity index (χ0) is 14.5. The van der Waals surface area contributed by atoms with Crippen LogP contribution in [0.3, 0.4) is 0 Å². The molecule has 0 aromatic heterocycles. The van der Waals surface area contributed by atoms with E-state index in [4.69, 9.17) is 48.6 Å². The number of rotatable bonds is 7. The quantitative estimate of drug-likeness (QED) is 0.479. The van der Waals surface area contributed by atoms with Crippen molar-refractivity contribution < 1.29 is 13.6 Å². The number of thioether (sulfide) groups is 1. The molecular formula is C11H15Cl2O3PS2. The predicted molar refractivity (Wildman–Crippen MR) is 86.4 cm³/mol. The van der Waals surface area contributed by atoms with Gasteiger partial charge in [-0.1, -0.05) is 23.2 Å². The highest BCUT2D eigenvalue weighted by Crippen LogP contribution is 2.51. The fraction of sp³-hybridized carbons (Fsp3) is 0.455. The summed E-state index contributed by atoms with van der Waals surface area (Å²) in [7, 11) is 0. The van der Waals surface area contributed by atoms with E-state index in [1.807, 2.05) is 20.1 Å². The summed E-state index contributed by atoms with van der Waals surface area (Å²) in [4.78, 5) is 0.803. The van der Waals surface area contributed by atoms with Crippen molar-refractivity contribution in [1.29, 1.82) is 0 Å². The Morgan fingerprint density at radius 2 is 1.63 bits per heavy atom. The van der Waals surface area contributed by atoms with Crippen molar-refractivity contribution in [2.75, 3.05) is 19.5 Å². The highest BCUT2D eigenvalue weighted by Gasteiger charge is 2.22. The smallest absolute Gasteiger partial charge is 0.380 e. The Bertz CT molecular complexity index is 452. The molecule has 0 aliphatic carbocycles. The van der Waals surface area contributed by atoms with E-state index < -0.39 is 6.72 Å². The molecule has 1 aromatic rings. The van der Waals surface area contributed by atoms with Crippen LogP contribution < -0.4 is 4.52 Å². The van der Waals surface area contributed by atoms with Crippen molar-refractivity contribution in [3.63, 3.8) is 0 Å². The molecule has 19 heavy (non-hydrogen) atoms. The Hall–Kier alpha value is 0.520. The maximum Gasteiger partial charge on any atom is 0.380 e. The van der Waals surface area contributed by atoms with E-state index in [0.717, 1.165) is 4.90 Å². The van der Waals surface area contributed by atoms with Gasteiger partial charge in [-0.3, -0.25) is 9.05 Å². The van der Waals surface area contributed by atoms with Crippen molar-refractivity contribution >= 4 is 53.5 Å². The third kappa shape index (κ3) is 5.09. The van der Waals surface area contributed by atoms with Gasteiger partial charge in [-0.2, -0.15) is 0 Å². The van der Waals surface area contributed by atoms with Gasteiger partial charge in [0.15, 0.2) is 0 Å². The molecule has 0 fully saturated rings. The molecule has 0 saturated carbocycles. The van der Waals surface area contributed by atoms with Gasteiger partial charge in [0.2, 0.25) is 0 Å². The van der Waals surface area contributed by atoms with E-state index in [-0.39, 0.29) is 0 Å². The van der Waals surface area contributed by atoms with E-state index in [2.05, 4.69) is 0 Å². The molecule has 0 aliphatic heterocycles. The van der Waals surface area contributed by atoms with Crippen molar-refractivity contribution in [2.45, 2.75) is 18.7 Å². The molecule has 0 bridgehead atoms. The highest BCUT2D eigenvalue weighted by atomic mass is 35.5. The lowest BCUT2D eigenvalue weighted by molar-refractivity contribution is 0.218. The minimum atomic E-state index is -2.80. The molecule has 3 nitrogen and oxygen atoms in total. The molecular weight excluding hydrogens is 346 g/mol. The summed E-state index contributed by atoms with van der Waals surface area (Å²) in [6.07, 6.45) is 1.90. The molecule has 0 radical (unpaired) electrons. The molecule has 0 aliphatic rings. The van der Waals surface area contributed by atoms with E-state index in [1.165, 1.54) is 11.8 Å². The summed E-state index contributed by atoms with van der Waals surface area (Å²) in [5, 5.41) is 1.04. The summed E-state index contributed by atoms with van der Waals surface area (Å²) in [6, 6.07) is 3.33. The van der Waals surface area contributed by atoms with Gasteiger partial charge in [-0.25, -0.2) is 0 Å². The van der Waals surface area contributed by atoms with Crippen LogP contribution in [0.25, 0.3) is 0 Å². The van der Waals surface area contributed by atoms with Crippen LogP contribution in [0.5, 0.6) is 5.75 Å². The minimum absolute atomic E-state index is 0.418.